The first kappa shape index (κ1) is 23.1. The number of alkyl halides is 3. The van der Waals surface area contributed by atoms with Gasteiger partial charge in [0.1, 0.15) is 4.24 Å². The zero-order valence-electron chi connectivity index (χ0n) is 15.6. The van der Waals surface area contributed by atoms with Gasteiger partial charge in [-0.15, -0.1) is 11.8 Å². The van der Waals surface area contributed by atoms with Crippen molar-refractivity contribution in [1.82, 2.24) is 4.72 Å². The van der Waals surface area contributed by atoms with E-state index in [-0.39, 0.29) is 40.6 Å². The minimum Gasteiger partial charge on any atom is -0.274 e. The predicted octanol–water partition coefficient (Wildman–Crippen LogP) is 3.23. The number of halogens is 3. The van der Waals surface area contributed by atoms with E-state index < -0.39 is 49.0 Å². The van der Waals surface area contributed by atoms with Crippen molar-refractivity contribution < 1.29 is 34.8 Å². The van der Waals surface area contributed by atoms with E-state index in [2.05, 4.69) is 0 Å². The van der Waals surface area contributed by atoms with Crippen molar-refractivity contribution in [2.75, 3.05) is 5.75 Å². The maximum absolute atomic E-state index is 12.7. The molecule has 1 aromatic rings. The molecule has 2 aliphatic rings. The molecule has 0 aromatic heterocycles. The molecule has 0 bridgehead atoms. The fourth-order valence-corrected chi connectivity index (χ4v) is 8.30. The van der Waals surface area contributed by atoms with E-state index in [1.807, 2.05) is 4.72 Å². The van der Waals surface area contributed by atoms with Crippen LogP contribution in [-0.4, -0.2) is 39.9 Å². The lowest BCUT2D eigenvalue weighted by Crippen LogP contribution is -2.38. The summed E-state index contributed by atoms with van der Waals surface area (Å²) in [5.41, 5.74) is 0. The molecule has 166 valence electrons. The third-order valence-electron chi connectivity index (χ3n) is 5.24. The van der Waals surface area contributed by atoms with Gasteiger partial charge in [-0.2, -0.15) is 13.2 Å². The van der Waals surface area contributed by atoms with Crippen molar-refractivity contribution in [2.24, 2.45) is 11.8 Å². The van der Waals surface area contributed by atoms with Crippen molar-refractivity contribution in [2.45, 2.75) is 42.0 Å². The van der Waals surface area contributed by atoms with Crippen molar-refractivity contribution >= 4 is 37.5 Å². The van der Waals surface area contributed by atoms with Gasteiger partial charge in [-0.3, -0.25) is 4.79 Å². The number of rotatable bonds is 5. The quantitative estimate of drug-likeness (QED) is 0.691. The minimum atomic E-state index is -4.32. The van der Waals surface area contributed by atoms with Crippen LogP contribution in [0, 0.1) is 11.8 Å². The molecule has 6 nitrogen and oxygen atoms in total. The first-order valence-corrected chi connectivity index (χ1v) is 13.2. The molecular formula is C18H20F3NO5S3. The van der Waals surface area contributed by atoms with Gasteiger partial charge in [-0.25, -0.2) is 21.6 Å². The molecule has 1 heterocycles. The molecule has 0 spiro atoms. The summed E-state index contributed by atoms with van der Waals surface area (Å²) in [6, 6.07) is 7.61. The maximum Gasteiger partial charge on any atom is 0.391 e. The van der Waals surface area contributed by atoms with Gasteiger partial charge in [-0.1, -0.05) is 18.2 Å². The van der Waals surface area contributed by atoms with E-state index in [9.17, 15) is 34.8 Å². The largest absolute Gasteiger partial charge is 0.391 e. The van der Waals surface area contributed by atoms with Crippen LogP contribution in [0.15, 0.2) is 45.5 Å². The summed E-state index contributed by atoms with van der Waals surface area (Å²) in [5.74, 6) is -3.17. The first-order chi connectivity index (χ1) is 13.9. The normalized spacial score (nSPS) is 25.6. The van der Waals surface area contributed by atoms with Gasteiger partial charge in [0, 0.05) is 11.7 Å². The molecule has 1 amide bonds. The molecule has 1 aliphatic carbocycles. The summed E-state index contributed by atoms with van der Waals surface area (Å²) in [4.78, 5) is 12.4. The lowest BCUT2D eigenvalue weighted by molar-refractivity contribution is -0.184. The predicted molar refractivity (Wildman–Crippen MR) is 107 cm³/mol. The van der Waals surface area contributed by atoms with Crippen LogP contribution in [0.25, 0.3) is 0 Å². The number of carbonyl (C=O) groups is 1. The molecule has 1 aromatic carbocycles. The van der Waals surface area contributed by atoms with Gasteiger partial charge in [-0.05, 0) is 43.9 Å². The monoisotopic (exact) mass is 483 g/mol. The lowest BCUT2D eigenvalue weighted by atomic mass is 9.81. The number of sulfone groups is 1. The number of sulfonamides is 1. The van der Waals surface area contributed by atoms with Crippen LogP contribution in [0.3, 0.4) is 0 Å². The molecule has 30 heavy (non-hydrogen) atoms. The highest BCUT2D eigenvalue weighted by atomic mass is 32.3. The number of amides is 1. The zero-order chi connectivity index (χ0) is 22.2. The molecule has 12 heteroatoms. The molecule has 0 radical (unpaired) electrons. The fourth-order valence-electron chi connectivity index (χ4n) is 3.49. The van der Waals surface area contributed by atoms with Crippen LogP contribution in [0.2, 0.25) is 0 Å². The van der Waals surface area contributed by atoms with Gasteiger partial charge in [0.2, 0.25) is 5.91 Å². The minimum absolute atomic E-state index is 0.0155. The van der Waals surface area contributed by atoms with Crippen molar-refractivity contribution in [3.63, 3.8) is 0 Å². The topological polar surface area (TPSA) is 97.4 Å². The van der Waals surface area contributed by atoms with E-state index >= 15 is 0 Å². The van der Waals surface area contributed by atoms with Gasteiger partial charge >= 0.3 is 6.18 Å². The van der Waals surface area contributed by atoms with Crippen molar-refractivity contribution in [1.29, 1.82) is 0 Å². The molecular weight excluding hydrogens is 463 g/mol. The molecule has 0 saturated heterocycles. The Bertz CT molecular complexity index is 1030. The van der Waals surface area contributed by atoms with Crippen LogP contribution < -0.4 is 4.72 Å². The average Bonchev–Trinajstić information content (AvgIpc) is 3.20. The summed E-state index contributed by atoms with van der Waals surface area (Å²) < 4.78 is 90.2. The maximum atomic E-state index is 12.7. The number of nitrogens with one attached hydrogen (secondary N) is 1. The molecule has 1 atom stereocenters. The summed E-state index contributed by atoms with van der Waals surface area (Å²) in [6.45, 7) is 0. The van der Waals surface area contributed by atoms with Crippen LogP contribution in [-0.2, 0) is 24.7 Å². The summed E-state index contributed by atoms with van der Waals surface area (Å²) >= 11 is 0.802. The first-order valence-electron chi connectivity index (χ1n) is 9.18. The Balaban J connectivity index is 1.66. The van der Waals surface area contributed by atoms with Gasteiger partial charge in [0.25, 0.3) is 10.0 Å². The summed E-state index contributed by atoms with van der Waals surface area (Å²) in [7, 11) is -8.07. The third kappa shape index (κ3) is 5.02. The number of thioether (sulfide) groups is 1. The number of hydrogen-bond donors (Lipinski definition) is 1. The number of benzene rings is 1. The van der Waals surface area contributed by atoms with E-state index in [4.69, 9.17) is 0 Å². The van der Waals surface area contributed by atoms with E-state index in [0.29, 0.717) is 0 Å². The SMILES string of the molecule is O=C(NS(=O)(=O)C1=CC(S(=O)(=O)c2ccccc2)CS1)C1CCC(C(F)(F)F)CC1. The van der Waals surface area contributed by atoms with E-state index in [0.717, 1.165) is 17.8 Å². The molecule has 1 saturated carbocycles. The molecule has 1 unspecified atom stereocenters. The van der Waals surface area contributed by atoms with Crippen molar-refractivity contribution in [3.05, 3.63) is 40.6 Å². The van der Waals surface area contributed by atoms with Gasteiger partial charge in [0.15, 0.2) is 9.84 Å². The summed E-state index contributed by atoms with van der Waals surface area (Å²) in [6.07, 6.45) is -3.78. The van der Waals surface area contributed by atoms with Crippen LogP contribution >= 0.6 is 11.8 Å². The standard InChI is InChI=1S/C18H20F3NO5S3/c19-18(20,21)13-8-6-12(7-9-13)17(23)22-30(26,27)16-10-15(11-28-16)29(24,25)14-4-2-1-3-5-14/h1-5,10,12-13,15H,6-9,11H2,(H,22,23). The Hall–Kier alpha value is -1.53. The van der Waals surface area contributed by atoms with Crippen LogP contribution in [0.4, 0.5) is 13.2 Å². The average molecular weight is 484 g/mol. The zero-order valence-corrected chi connectivity index (χ0v) is 18.1. The highest BCUT2D eigenvalue weighted by Crippen LogP contribution is 2.40. The summed E-state index contributed by atoms with van der Waals surface area (Å²) in [5, 5.41) is -1.06. The lowest BCUT2D eigenvalue weighted by Gasteiger charge is -2.28. The van der Waals surface area contributed by atoms with Crippen molar-refractivity contribution in [3.8, 4) is 0 Å². The highest BCUT2D eigenvalue weighted by molar-refractivity contribution is 8.18. The Kier molecular flexibility index (Phi) is 6.59. The number of carbonyl (C=O) groups excluding carboxylic acids is 1. The third-order valence-corrected chi connectivity index (χ3v) is 10.6. The number of hydrogen-bond acceptors (Lipinski definition) is 6. The molecule has 1 fully saturated rings. The second kappa shape index (κ2) is 8.54. The Morgan fingerprint density at radius 3 is 2.17 bits per heavy atom. The van der Waals surface area contributed by atoms with Crippen LogP contribution in [0.1, 0.15) is 25.7 Å². The Morgan fingerprint density at radius 1 is 1.00 bits per heavy atom. The molecule has 1 aliphatic heterocycles. The fraction of sp³-hybridized carbons (Fsp3) is 0.500. The highest BCUT2D eigenvalue weighted by Gasteiger charge is 2.43. The van der Waals surface area contributed by atoms with Gasteiger partial charge in [0.05, 0.1) is 16.1 Å². The smallest absolute Gasteiger partial charge is 0.274 e. The second-order valence-corrected chi connectivity index (χ2v) is 12.4. The second-order valence-electron chi connectivity index (χ2n) is 7.25. The Morgan fingerprint density at radius 2 is 1.60 bits per heavy atom. The van der Waals surface area contributed by atoms with Crippen LogP contribution in [0.5, 0.6) is 0 Å². The van der Waals surface area contributed by atoms with E-state index in [1.165, 1.54) is 12.1 Å². The van der Waals surface area contributed by atoms with Gasteiger partial charge < -0.3 is 0 Å². The Labute approximate surface area is 177 Å². The molecule has 3 rings (SSSR count). The van der Waals surface area contributed by atoms with E-state index in [1.54, 1.807) is 18.2 Å². The molecule has 1 N–H and O–H groups in total.